The maximum Gasteiger partial charge on any atom is 0.322 e. The van der Waals surface area contributed by atoms with Crippen molar-refractivity contribution in [2.75, 3.05) is 32.8 Å². The van der Waals surface area contributed by atoms with Crippen molar-refractivity contribution in [3.05, 3.63) is 0 Å². The van der Waals surface area contributed by atoms with E-state index >= 15 is 0 Å². The number of hydrogen-bond acceptors (Lipinski definition) is 27. The lowest BCUT2D eigenvalue weighted by Gasteiger charge is -2.48. The van der Waals surface area contributed by atoms with Crippen LogP contribution in [0.1, 0.15) is 94.9 Å². The van der Waals surface area contributed by atoms with E-state index in [-0.39, 0.29) is 38.8 Å². The van der Waals surface area contributed by atoms with E-state index in [1.54, 1.807) is 0 Å². The molecule has 4 aliphatic rings. The molecule has 22 N–H and O–H groups in total. The average Bonchev–Trinajstić information content (AvgIpc) is 0.845. The lowest BCUT2D eigenvalue weighted by molar-refractivity contribution is -0.332. The zero-order valence-corrected chi connectivity index (χ0v) is 54.8. The lowest BCUT2D eigenvalue weighted by Crippen LogP contribution is -2.70. The van der Waals surface area contributed by atoms with Gasteiger partial charge in [0.05, 0.1) is 49.8 Å². The van der Waals surface area contributed by atoms with Gasteiger partial charge in [-0.05, 0) is 73.1 Å². The Hall–Kier alpha value is -6.96. The molecule has 4 saturated heterocycles. The van der Waals surface area contributed by atoms with Gasteiger partial charge in [-0.1, -0.05) is 13.8 Å². The van der Waals surface area contributed by atoms with Crippen molar-refractivity contribution in [1.29, 1.82) is 0 Å². The van der Waals surface area contributed by atoms with Crippen molar-refractivity contribution in [3.63, 3.8) is 0 Å². The predicted molar refractivity (Wildman–Crippen MR) is 323 cm³/mol. The van der Waals surface area contributed by atoms with Gasteiger partial charge in [0.25, 0.3) is 0 Å². The summed E-state index contributed by atoms with van der Waals surface area (Å²) in [6.45, 7) is 8.70. The maximum absolute atomic E-state index is 14.9. The SMILES string of the molecule is CC(=O)N[C@H]1[C@H](O[C@H]2[C@@H](O)[C@@H](CO)O[C@H](O[C@H](C)[C@H](NC(=O)[C@@H](NC(=O)[C@@H](N)[C@@H](C)O)[C@@H](C)O)C(=O)N[C@H](C(=O)N[C@H](C(=O)N3CCC[C@H]3C(=O)N[C@H](C(=O)N3CCC[C@H]3C(=O)N[C@H](C(=O)NCC(=O)O)[C@@H](C)O)[C@@H](C)O)[C@@H](C)O)C(C)C)[C@@H]2NC(C)=O)O[C@H](CO)[C@@H](O)[C@@H]1O. The van der Waals surface area contributed by atoms with E-state index in [0.717, 1.165) is 65.2 Å². The fraction of sp³-hybridized carbons (Fsp3) is 0.789. The summed E-state index contributed by atoms with van der Waals surface area (Å²) in [4.78, 5) is 164. The maximum atomic E-state index is 14.9. The summed E-state index contributed by atoms with van der Waals surface area (Å²) >= 11 is 0. The van der Waals surface area contributed by atoms with Crippen LogP contribution < -0.4 is 53.6 Å². The summed E-state index contributed by atoms with van der Waals surface area (Å²) in [6, 6.07) is -18.8. The molecule has 4 rings (SSSR count). The topological polar surface area (TPSA) is 605 Å². The summed E-state index contributed by atoms with van der Waals surface area (Å²) in [6.07, 6.45) is -24.2. The standard InChI is InChI=1S/C57H96N12O27/c1-20(2)35(51(88)66-39(25(7)76)55(92)69-16-12-14-30(69)48(85)65-38(24(6)75)54(91)68-15-11-13-29(68)47(84)63-36(22(4)73)50(87)59-17-33(79)80)62-53(90)40(67-52(89)37(23(5)74)64-49(86)34(58)21(3)72)26(8)93-57-42(61-28(10)78)46(44(82)32(19-71)95-57)96-56-41(60-27(9)77)45(83)43(81)31(18-70)94-56/h20-26,29-32,34-46,56-57,70-76,81-83H,11-19,58H2,1-10H3,(H,59,87)(H,60,77)(H,61,78)(H,62,90)(H,63,84)(H,64,86)(H,65,85)(H,66,88)(H,67,89)(H,79,80)/t21-,22-,23-,24-,25-,26-,29+,30+,31-,32-,34+,35+,36+,37+,38+,39+,40+,41-,42-,43-,44+,45-,46-,56+,57+/m1/s1. The molecule has 0 aliphatic carbocycles. The Balaban J connectivity index is 1.66. The molecule has 39 heteroatoms. The number of amides is 11. The second kappa shape index (κ2) is 36.6. The molecular formula is C57H96N12O27. The summed E-state index contributed by atoms with van der Waals surface area (Å²) in [5.41, 5.74) is 5.80. The van der Waals surface area contributed by atoms with E-state index in [1.165, 1.54) is 13.8 Å². The highest BCUT2D eigenvalue weighted by molar-refractivity contribution is 5.99. The predicted octanol–water partition coefficient (Wildman–Crippen LogP) is -11.7. The largest absolute Gasteiger partial charge is 0.480 e. The van der Waals surface area contributed by atoms with Gasteiger partial charge in [0.1, 0.15) is 110 Å². The van der Waals surface area contributed by atoms with E-state index in [9.17, 15) is 109 Å². The lowest BCUT2D eigenvalue weighted by atomic mass is 9.94. The number of nitrogens with one attached hydrogen (secondary N) is 9. The van der Waals surface area contributed by atoms with Crippen LogP contribution in [0.4, 0.5) is 0 Å². The number of aliphatic hydroxyl groups excluding tert-OH is 10. The van der Waals surface area contributed by atoms with Crippen molar-refractivity contribution in [2.24, 2.45) is 11.7 Å². The van der Waals surface area contributed by atoms with Crippen LogP contribution in [0.25, 0.3) is 0 Å². The molecule has 39 nitrogen and oxygen atoms in total. The highest BCUT2D eigenvalue weighted by Gasteiger charge is 2.54. The summed E-state index contributed by atoms with van der Waals surface area (Å²) in [5, 5.41) is 137. The van der Waals surface area contributed by atoms with Crippen molar-refractivity contribution < 1.29 is 133 Å². The molecule has 25 atom stereocenters. The first-order valence-electron chi connectivity index (χ1n) is 31.3. The molecule has 4 aliphatic heterocycles. The Labute approximate surface area is 551 Å². The molecule has 0 bridgehead atoms. The monoisotopic (exact) mass is 1380 g/mol. The molecule has 0 unspecified atom stereocenters. The van der Waals surface area contributed by atoms with Crippen LogP contribution in [0, 0.1) is 5.92 Å². The van der Waals surface area contributed by atoms with E-state index in [0.29, 0.717) is 0 Å². The number of aliphatic carboxylic acids is 1. The van der Waals surface area contributed by atoms with Gasteiger partial charge in [-0.3, -0.25) is 57.5 Å². The number of nitrogens with two attached hydrogens (primary N) is 1. The molecule has 0 radical (unpaired) electrons. The third-order valence-electron chi connectivity index (χ3n) is 16.5. The molecular weight excluding hydrogens is 1280 g/mol. The van der Waals surface area contributed by atoms with Gasteiger partial charge < -0.3 is 139 Å². The zero-order chi connectivity index (χ0) is 72.7. The quantitative estimate of drug-likeness (QED) is 0.0297. The Morgan fingerprint density at radius 1 is 0.510 bits per heavy atom. The fourth-order valence-electron chi connectivity index (χ4n) is 11.2. The molecule has 0 spiro atoms. The van der Waals surface area contributed by atoms with Gasteiger partial charge in [-0.2, -0.15) is 0 Å². The van der Waals surface area contributed by atoms with E-state index in [4.69, 9.17) is 29.8 Å². The first-order valence-corrected chi connectivity index (χ1v) is 31.3. The summed E-state index contributed by atoms with van der Waals surface area (Å²) < 4.78 is 24.0. The molecule has 4 heterocycles. The van der Waals surface area contributed by atoms with Gasteiger partial charge in [-0.15, -0.1) is 0 Å². The third kappa shape index (κ3) is 21.3. The van der Waals surface area contributed by atoms with E-state index in [2.05, 4.69) is 42.5 Å². The van der Waals surface area contributed by atoms with Crippen molar-refractivity contribution in [1.82, 2.24) is 57.7 Å². The molecule has 0 aromatic rings. The average molecular weight is 1380 g/mol. The van der Waals surface area contributed by atoms with Gasteiger partial charge in [0.15, 0.2) is 12.6 Å². The van der Waals surface area contributed by atoms with Gasteiger partial charge >= 0.3 is 5.97 Å². The molecule has 0 saturated carbocycles. The number of rotatable bonds is 32. The molecule has 0 aromatic heterocycles. The molecule has 11 amide bonds. The minimum atomic E-state index is -2.11. The molecule has 0 aromatic carbocycles. The first-order chi connectivity index (χ1) is 44.8. The number of carboxylic acids is 1. The number of ether oxygens (including phenoxy) is 4. The van der Waals surface area contributed by atoms with Crippen LogP contribution in [0.2, 0.25) is 0 Å². The first kappa shape index (κ1) is 81.5. The smallest absolute Gasteiger partial charge is 0.322 e. The van der Waals surface area contributed by atoms with Gasteiger partial charge in [0, 0.05) is 26.9 Å². The van der Waals surface area contributed by atoms with Crippen LogP contribution in [-0.2, 0) is 76.5 Å². The second-order valence-electron chi connectivity index (χ2n) is 24.7. The Bertz CT molecular complexity index is 2730. The van der Waals surface area contributed by atoms with Gasteiger partial charge in [0.2, 0.25) is 65.0 Å². The minimum absolute atomic E-state index is 0.0315. The minimum Gasteiger partial charge on any atom is -0.480 e. The van der Waals surface area contributed by atoms with Crippen LogP contribution in [0.3, 0.4) is 0 Å². The Morgan fingerprint density at radius 3 is 1.38 bits per heavy atom. The fourth-order valence-corrected chi connectivity index (χ4v) is 11.2. The van der Waals surface area contributed by atoms with Crippen molar-refractivity contribution >= 4 is 70.9 Å². The molecule has 4 fully saturated rings. The zero-order valence-electron chi connectivity index (χ0n) is 54.8. The number of aliphatic hydroxyl groups is 10. The Kier molecular flexibility index (Phi) is 31.0. The van der Waals surface area contributed by atoms with Crippen molar-refractivity contribution in [2.45, 2.75) is 247 Å². The van der Waals surface area contributed by atoms with Crippen LogP contribution in [0.5, 0.6) is 0 Å². The molecule has 546 valence electrons. The van der Waals surface area contributed by atoms with Crippen LogP contribution >= 0.6 is 0 Å². The number of carbonyl (C=O) groups excluding carboxylic acids is 11. The number of carbonyl (C=O) groups is 12. The van der Waals surface area contributed by atoms with E-state index < -0.39 is 249 Å². The summed E-state index contributed by atoms with van der Waals surface area (Å²) in [5.74, 6) is -13.9. The van der Waals surface area contributed by atoms with Crippen LogP contribution in [-0.4, -0.2) is 322 Å². The number of carboxylic acid groups (broad SMARTS) is 1. The second-order valence-corrected chi connectivity index (χ2v) is 24.7. The van der Waals surface area contributed by atoms with Gasteiger partial charge in [-0.25, -0.2) is 0 Å². The van der Waals surface area contributed by atoms with E-state index in [1.807, 2.05) is 5.32 Å². The molecule has 96 heavy (non-hydrogen) atoms. The Morgan fingerprint density at radius 2 is 0.917 bits per heavy atom. The summed E-state index contributed by atoms with van der Waals surface area (Å²) in [7, 11) is 0. The van der Waals surface area contributed by atoms with Crippen molar-refractivity contribution in [3.8, 4) is 0 Å². The number of nitrogens with zero attached hydrogens (tertiary/aromatic N) is 2. The van der Waals surface area contributed by atoms with Crippen LogP contribution in [0.15, 0.2) is 0 Å². The normalized spacial score (nSPS) is 28.4. The third-order valence-corrected chi connectivity index (χ3v) is 16.5. The highest BCUT2D eigenvalue weighted by Crippen LogP contribution is 2.31. The number of hydrogen-bond donors (Lipinski definition) is 21. The number of likely N-dealkylation sites (tertiary alicyclic amines) is 2. The highest BCUT2D eigenvalue weighted by atomic mass is 16.7.